The van der Waals surface area contributed by atoms with Crippen molar-refractivity contribution in [3.05, 3.63) is 68.1 Å². The van der Waals surface area contributed by atoms with Crippen LogP contribution in [-0.2, 0) is 0 Å². The van der Waals surface area contributed by atoms with Crippen molar-refractivity contribution in [2.45, 2.75) is 5.38 Å². The molecule has 0 nitrogen and oxygen atoms in total. The topological polar surface area (TPSA) is 0 Å². The second kappa shape index (κ2) is 5.68. The van der Waals surface area contributed by atoms with Crippen molar-refractivity contribution in [3.63, 3.8) is 0 Å². The highest BCUT2D eigenvalue weighted by atomic mass is 79.9. The average molecular weight is 396 g/mol. The second-order valence-electron chi connectivity index (χ2n) is 3.74. The maximum atomic E-state index is 13.3. The van der Waals surface area contributed by atoms with Crippen LogP contribution in [0.3, 0.4) is 0 Å². The minimum atomic E-state index is -0.533. The van der Waals surface area contributed by atoms with E-state index in [1.54, 1.807) is 18.2 Å². The summed E-state index contributed by atoms with van der Waals surface area (Å²) in [6.45, 7) is 0. The molecule has 0 heterocycles. The van der Waals surface area contributed by atoms with Gasteiger partial charge in [0.2, 0.25) is 0 Å². The highest BCUT2D eigenvalue weighted by Crippen LogP contribution is 2.32. The van der Waals surface area contributed by atoms with Crippen molar-refractivity contribution in [1.29, 1.82) is 0 Å². The minimum Gasteiger partial charge on any atom is -0.207 e. The first-order valence-electron chi connectivity index (χ1n) is 5.02. The van der Waals surface area contributed by atoms with Crippen molar-refractivity contribution < 1.29 is 8.78 Å². The number of alkyl halides is 1. The highest BCUT2D eigenvalue weighted by molar-refractivity contribution is 9.10. The van der Waals surface area contributed by atoms with Crippen molar-refractivity contribution >= 4 is 43.5 Å². The minimum absolute atomic E-state index is 0.334. The SMILES string of the molecule is Fc1cc(Br)cc(C(Cl)c2ccc(F)c(Br)c2)c1. The quantitative estimate of drug-likeness (QED) is 0.561. The summed E-state index contributed by atoms with van der Waals surface area (Å²) in [6, 6.07) is 8.94. The normalized spacial score (nSPS) is 12.5. The first kappa shape index (κ1) is 14.0. The zero-order chi connectivity index (χ0) is 13.3. The molecule has 2 rings (SSSR count). The lowest BCUT2D eigenvalue weighted by molar-refractivity contribution is 0.619. The standard InChI is InChI=1S/C13H7Br2ClF2/c14-9-3-8(4-10(17)6-9)13(16)7-1-2-12(18)11(15)5-7/h1-6,13H. The molecule has 2 aromatic carbocycles. The van der Waals surface area contributed by atoms with Gasteiger partial charge < -0.3 is 0 Å². The molecular weight excluding hydrogens is 389 g/mol. The lowest BCUT2D eigenvalue weighted by atomic mass is 10.0. The van der Waals surface area contributed by atoms with Crippen LogP contribution in [0.1, 0.15) is 16.5 Å². The Hall–Kier alpha value is -0.450. The van der Waals surface area contributed by atoms with Gasteiger partial charge in [-0.1, -0.05) is 22.0 Å². The summed E-state index contributed by atoms with van der Waals surface area (Å²) in [7, 11) is 0. The second-order valence-corrected chi connectivity index (χ2v) is 5.95. The zero-order valence-corrected chi connectivity index (χ0v) is 12.9. The van der Waals surface area contributed by atoms with Crippen LogP contribution in [-0.4, -0.2) is 0 Å². The Morgan fingerprint density at radius 2 is 1.67 bits per heavy atom. The monoisotopic (exact) mass is 394 g/mol. The maximum absolute atomic E-state index is 13.3. The predicted octanol–water partition coefficient (Wildman–Crippen LogP) is 5.82. The number of rotatable bonds is 2. The van der Waals surface area contributed by atoms with E-state index in [-0.39, 0.29) is 11.6 Å². The highest BCUT2D eigenvalue weighted by Gasteiger charge is 2.14. The van der Waals surface area contributed by atoms with E-state index in [0.29, 0.717) is 20.1 Å². The Labute approximate surface area is 125 Å². The average Bonchev–Trinajstić information content (AvgIpc) is 2.30. The van der Waals surface area contributed by atoms with Gasteiger partial charge in [-0.2, -0.15) is 0 Å². The number of hydrogen-bond donors (Lipinski definition) is 0. The van der Waals surface area contributed by atoms with Gasteiger partial charge in [0.05, 0.1) is 9.85 Å². The third-order valence-electron chi connectivity index (χ3n) is 2.41. The summed E-state index contributed by atoms with van der Waals surface area (Å²) in [5.41, 5.74) is 1.31. The van der Waals surface area contributed by atoms with E-state index in [4.69, 9.17) is 11.6 Å². The summed E-state index contributed by atoms with van der Waals surface area (Å²) >= 11 is 12.6. The van der Waals surface area contributed by atoms with Crippen LogP contribution >= 0.6 is 43.5 Å². The van der Waals surface area contributed by atoms with Gasteiger partial charge in [0, 0.05) is 4.47 Å². The Morgan fingerprint density at radius 3 is 2.28 bits per heavy atom. The largest absolute Gasteiger partial charge is 0.207 e. The van der Waals surface area contributed by atoms with Crippen molar-refractivity contribution in [3.8, 4) is 0 Å². The van der Waals surface area contributed by atoms with Crippen LogP contribution in [0.25, 0.3) is 0 Å². The van der Waals surface area contributed by atoms with Gasteiger partial charge in [0.15, 0.2) is 0 Å². The third kappa shape index (κ3) is 3.11. The number of hydrogen-bond acceptors (Lipinski definition) is 0. The van der Waals surface area contributed by atoms with Gasteiger partial charge in [-0.05, 0) is 57.4 Å². The van der Waals surface area contributed by atoms with E-state index in [9.17, 15) is 8.78 Å². The summed E-state index contributed by atoms with van der Waals surface area (Å²) in [5, 5.41) is -0.533. The molecule has 0 aliphatic carbocycles. The van der Waals surface area contributed by atoms with Gasteiger partial charge in [-0.25, -0.2) is 8.78 Å². The van der Waals surface area contributed by atoms with Crippen LogP contribution < -0.4 is 0 Å². The molecule has 0 amide bonds. The molecule has 18 heavy (non-hydrogen) atoms. The molecule has 0 bridgehead atoms. The van der Waals surface area contributed by atoms with Crippen LogP contribution in [0.4, 0.5) is 8.78 Å². The molecule has 0 N–H and O–H groups in total. The van der Waals surface area contributed by atoms with Crippen LogP contribution in [0, 0.1) is 11.6 Å². The summed E-state index contributed by atoms with van der Waals surface area (Å²) in [6.07, 6.45) is 0. The molecule has 5 heteroatoms. The van der Waals surface area contributed by atoms with Crippen LogP contribution in [0.15, 0.2) is 45.3 Å². The summed E-state index contributed by atoms with van der Waals surface area (Å²) in [5.74, 6) is -0.728. The van der Waals surface area contributed by atoms with E-state index in [1.807, 2.05) is 0 Å². The van der Waals surface area contributed by atoms with E-state index in [0.717, 1.165) is 0 Å². The van der Waals surface area contributed by atoms with Crippen molar-refractivity contribution in [2.24, 2.45) is 0 Å². The van der Waals surface area contributed by atoms with Gasteiger partial charge in [-0.15, -0.1) is 11.6 Å². The zero-order valence-electron chi connectivity index (χ0n) is 8.93. The molecule has 1 unspecified atom stereocenters. The predicted molar refractivity (Wildman–Crippen MR) is 75.9 cm³/mol. The molecule has 0 saturated heterocycles. The fourth-order valence-corrected chi connectivity index (χ4v) is 2.73. The molecule has 94 valence electrons. The van der Waals surface area contributed by atoms with Gasteiger partial charge in [0.1, 0.15) is 11.6 Å². The van der Waals surface area contributed by atoms with Gasteiger partial charge >= 0.3 is 0 Å². The molecule has 0 aliphatic heterocycles. The number of benzene rings is 2. The summed E-state index contributed by atoms with van der Waals surface area (Å²) in [4.78, 5) is 0. The van der Waals surface area contributed by atoms with Gasteiger partial charge in [-0.3, -0.25) is 0 Å². The molecule has 0 aliphatic rings. The fraction of sp³-hybridized carbons (Fsp3) is 0.0769. The lowest BCUT2D eigenvalue weighted by Crippen LogP contribution is -1.95. The smallest absolute Gasteiger partial charge is 0.137 e. The van der Waals surface area contributed by atoms with E-state index in [1.165, 1.54) is 18.2 Å². The van der Waals surface area contributed by atoms with E-state index >= 15 is 0 Å². The molecule has 0 spiro atoms. The fourth-order valence-electron chi connectivity index (χ4n) is 1.58. The molecular formula is C13H7Br2ClF2. The molecule has 0 saturated carbocycles. The Bertz CT molecular complexity index is 567. The third-order valence-corrected chi connectivity index (χ3v) is 3.98. The Morgan fingerprint density at radius 1 is 0.944 bits per heavy atom. The summed E-state index contributed by atoms with van der Waals surface area (Å²) < 4.78 is 27.4. The molecule has 1 atom stereocenters. The lowest BCUT2D eigenvalue weighted by Gasteiger charge is -2.11. The molecule has 0 radical (unpaired) electrons. The van der Waals surface area contributed by atoms with Crippen LogP contribution in [0.5, 0.6) is 0 Å². The molecule has 0 fully saturated rings. The van der Waals surface area contributed by atoms with Crippen molar-refractivity contribution in [1.82, 2.24) is 0 Å². The first-order valence-corrected chi connectivity index (χ1v) is 7.04. The maximum Gasteiger partial charge on any atom is 0.137 e. The molecule has 2 aromatic rings. The first-order chi connectivity index (χ1) is 8.47. The Kier molecular flexibility index (Phi) is 4.41. The van der Waals surface area contributed by atoms with E-state index < -0.39 is 5.38 Å². The van der Waals surface area contributed by atoms with Crippen molar-refractivity contribution in [2.75, 3.05) is 0 Å². The number of halogens is 5. The Balaban J connectivity index is 2.40. The van der Waals surface area contributed by atoms with Crippen LogP contribution in [0.2, 0.25) is 0 Å². The van der Waals surface area contributed by atoms with E-state index in [2.05, 4.69) is 31.9 Å². The molecule has 0 aromatic heterocycles. The van der Waals surface area contributed by atoms with Gasteiger partial charge in [0.25, 0.3) is 0 Å².